The van der Waals surface area contributed by atoms with Crippen LogP contribution in [0.15, 0.2) is 24.5 Å². The van der Waals surface area contributed by atoms with E-state index in [0.717, 1.165) is 37.0 Å². The first-order valence-corrected chi connectivity index (χ1v) is 7.90. The number of nitrogens with two attached hydrogens (primary N) is 2. The molecule has 1 aliphatic rings. The molecule has 6 heteroatoms. The lowest BCUT2D eigenvalue weighted by atomic mass is 9.92. The van der Waals surface area contributed by atoms with E-state index in [1.54, 1.807) is 6.20 Å². The maximum atomic E-state index is 7.45. The SMILES string of the molecule is Cc1cc(-c2cnc(N)c(/C(C=N)=C/N)n2)cc2c1CCN(C)C2. The molecule has 124 valence electrons. The molecule has 0 saturated heterocycles. The first kappa shape index (κ1) is 16.1. The molecule has 0 saturated carbocycles. The molecule has 0 radical (unpaired) electrons. The van der Waals surface area contributed by atoms with Gasteiger partial charge in [-0.05, 0) is 49.2 Å². The van der Waals surface area contributed by atoms with Crippen molar-refractivity contribution in [1.29, 1.82) is 5.41 Å². The van der Waals surface area contributed by atoms with Crippen molar-refractivity contribution in [2.24, 2.45) is 5.73 Å². The van der Waals surface area contributed by atoms with E-state index in [0.29, 0.717) is 11.3 Å². The largest absolute Gasteiger partial charge is 0.404 e. The molecule has 0 unspecified atom stereocenters. The molecule has 1 aliphatic heterocycles. The van der Waals surface area contributed by atoms with Crippen LogP contribution in [0.25, 0.3) is 16.8 Å². The number of hydrogen-bond donors (Lipinski definition) is 3. The van der Waals surface area contributed by atoms with E-state index in [1.807, 2.05) is 0 Å². The predicted molar refractivity (Wildman–Crippen MR) is 97.6 cm³/mol. The van der Waals surface area contributed by atoms with E-state index in [9.17, 15) is 0 Å². The number of aromatic nitrogens is 2. The van der Waals surface area contributed by atoms with Gasteiger partial charge in [0.25, 0.3) is 0 Å². The number of nitrogens with zero attached hydrogens (tertiary/aromatic N) is 3. The van der Waals surface area contributed by atoms with Gasteiger partial charge in [-0.1, -0.05) is 0 Å². The normalized spacial score (nSPS) is 15.2. The van der Waals surface area contributed by atoms with Gasteiger partial charge in [0, 0.05) is 36.6 Å². The number of rotatable bonds is 3. The van der Waals surface area contributed by atoms with Gasteiger partial charge < -0.3 is 21.8 Å². The average Bonchev–Trinajstić information content (AvgIpc) is 2.57. The monoisotopic (exact) mass is 322 g/mol. The van der Waals surface area contributed by atoms with Crippen LogP contribution in [-0.4, -0.2) is 34.7 Å². The number of fused-ring (bicyclic) bond motifs is 1. The summed E-state index contributed by atoms with van der Waals surface area (Å²) in [5.74, 6) is 0.272. The van der Waals surface area contributed by atoms with Gasteiger partial charge in [0.2, 0.25) is 0 Å². The molecule has 24 heavy (non-hydrogen) atoms. The smallest absolute Gasteiger partial charge is 0.150 e. The van der Waals surface area contributed by atoms with E-state index in [2.05, 4.69) is 41.0 Å². The van der Waals surface area contributed by atoms with Gasteiger partial charge in [-0.2, -0.15) is 0 Å². The fraction of sp³-hybridized carbons (Fsp3) is 0.278. The first-order valence-electron chi connectivity index (χ1n) is 7.90. The Morgan fingerprint density at radius 1 is 1.38 bits per heavy atom. The Hall–Kier alpha value is -2.73. The summed E-state index contributed by atoms with van der Waals surface area (Å²) in [6.07, 6.45) is 5.20. The van der Waals surface area contributed by atoms with Crippen molar-refractivity contribution < 1.29 is 0 Å². The number of hydrogen-bond acceptors (Lipinski definition) is 6. The third-order valence-corrected chi connectivity index (χ3v) is 4.45. The minimum Gasteiger partial charge on any atom is -0.404 e. The first-order chi connectivity index (χ1) is 11.5. The highest BCUT2D eigenvalue weighted by Gasteiger charge is 2.17. The third kappa shape index (κ3) is 2.88. The zero-order valence-electron chi connectivity index (χ0n) is 14.0. The Morgan fingerprint density at radius 2 is 2.17 bits per heavy atom. The summed E-state index contributed by atoms with van der Waals surface area (Å²) in [6.45, 7) is 4.17. The molecule has 2 heterocycles. The van der Waals surface area contributed by atoms with Crippen molar-refractivity contribution in [3.05, 3.63) is 46.9 Å². The van der Waals surface area contributed by atoms with Crippen molar-refractivity contribution in [3.63, 3.8) is 0 Å². The second kappa shape index (κ2) is 6.41. The fourth-order valence-electron chi connectivity index (χ4n) is 3.15. The van der Waals surface area contributed by atoms with Crippen molar-refractivity contribution in [3.8, 4) is 11.3 Å². The Labute approximate surface area is 141 Å². The van der Waals surface area contributed by atoms with Gasteiger partial charge in [0.1, 0.15) is 11.5 Å². The highest BCUT2D eigenvalue weighted by molar-refractivity contribution is 6.09. The van der Waals surface area contributed by atoms with E-state index >= 15 is 0 Å². The van der Waals surface area contributed by atoms with Crippen LogP contribution in [0.2, 0.25) is 0 Å². The Kier molecular flexibility index (Phi) is 4.31. The number of nitrogen functional groups attached to an aromatic ring is 1. The lowest BCUT2D eigenvalue weighted by Crippen LogP contribution is -2.27. The van der Waals surface area contributed by atoms with Crippen LogP contribution in [0.1, 0.15) is 22.4 Å². The Balaban J connectivity index is 2.10. The van der Waals surface area contributed by atoms with E-state index in [1.165, 1.54) is 22.9 Å². The quantitative estimate of drug-likeness (QED) is 0.749. The molecule has 1 aromatic carbocycles. The molecule has 0 spiro atoms. The number of aryl methyl sites for hydroxylation is 1. The van der Waals surface area contributed by atoms with Crippen molar-refractivity contribution >= 4 is 17.6 Å². The number of likely N-dealkylation sites (N-methyl/N-ethyl adjacent to an activating group) is 1. The lowest BCUT2D eigenvalue weighted by Gasteiger charge is -2.27. The molecule has 0 fully saturated rings. The van der Waals surface area contributed by atoms with Crippen molar-refractivity contribution in [1.82, 2.24) is 14.9 Å². The van der Waals surface area contributed by atoms with Crippen molar-refractivity contribution in [2.45, 2.75) is 19.9 Å². The van der Waals surface area contributed by atoms with E-state index in [-0.39, 0.29) is 5.82 Å². The molecule has 0 aliphatic carbocycles. The molecular formula is C18H22N6. The Bertz CT molecular complexity index is 824. The van der Waals surface area contributed by atoms with Gasteiger partial charge in [0.15, 0.2) is 0 Å². The van der Waals surface area contributed by atoms with Gasteiger partial charge in [0.05, 0.1) is 11.9 Å². The zero-order valence-corrected chi connectivity index (χ0v) is 14.0. The van der Waals surface area contributed by atoms with E-state index < -0.39 is 0 Å². The molecule has 2 aromatic rings. The minimum absolute atomic E-state index is 0.272. The molecule has 5 N–H and O–H groups in total. The molecule has 0 atom stereocenters. The molecule has 3 rings (SSSR count). The van der Waals surface area contributed by atoms with Crippen LogP contribution < -0.4 is 11.5 Å². The van der Waals surface area contributed by atoms with Crippen LogP contribution in [-0.2, 0) is 13.0 Å². The second-order valence-corrected chi connectivity index (χ2v) is 6.17. The number of benzene rings is 1. The van der Waals surface area contributed by atoms with Crippen LogP contribution in [0.3, 0.4) is 0 Å². The van der Waals surface area contributed by atoms with Crippen LogP contribution in [0, 0.1) is 12.3 Å². The van der Waals surface area contributed by atoms with Crippen molar-refractivity contribution in [2.75, 3.05) is 19.3 Å². The number of nitrogens with one attached hydrogen (secondary N) is 1. The summed E-state index contributed by atoms with van der Waals surface area (Å²) >= 11 is 0. The summed E-state index contributed by atoms with van der Waals surface area (Å²) in [5, 5.41) is 7.45. The van der Waals surface area contributed by atoms with Gasteiger partial charge >= 0.3 is 0 Å². The third-order valence-electron chi connectivity index (χ3n) is 4.45. The average molecular weight is 322 g/mol. The van der Waals surface area contributed by atoms with Gasteiger partial charge in [-0.3, -0.25) is 0 Å². The molecule has 0 bridgehead atoms. The maximum absolute atomic E-state index is 7.45. The zero-order chi connectivity index (χ0) is 17.3. The maximum Gasteiger partial charge on any atom is 0.150 e. The highest BCUT2D eigenvalue weighted by atomic mass is 15.1. The standard InChI is InChI=1S/C18H22N6/c1-11-5-12(6-13-10-24(2)4-3-15(11)13)16-9-22-18(21)17(23-16)14(7-19)8-20/h5-9,19H,3-4,10,20H2,1-2H3,(H2,21,22)/b14-8+,19-7?. The van der Waals surface area contributed by atoms with Gasteiger partial charge in [-0.15, -0.1) is 0 Å². The number of anilines is 1. The number of allylic oxidation sites excluding steroid dienone is 1. The summed E-state index contributed by atoms with van der Waals surface area (Å²) in [5.41, 5.74) is 18.1. The minimum atomic E-state index is 0.272. The van der Waals surface area contributed by atoms with Crippen LogP contribution in [0.5, 0.6) is 0 Å². The Morgan fingerprint density at radius 3 is 2.88 bits per heavy atom. The van der Waals surface area contributed by atoms with Gasteiger partial charge in [-0.25, -0.2) is 9.97 Å². The fourth-order valence-corrected chi connectivity index (χ4v) is 3.15. The summed E-state index contributed by atoms with van der Waals surface area (Å²) in [6, 6.07) is 4.32. The topological polar surface area (TPSA) is 105 Å². The lowest BCUT2D eigenvalue weighted by molar-refractivity contribution is 0.312. The molecule has 6 nitrogen and oxygen atoms in total. The van der Waals surface area contributed by atoms with E-state index in [4.69, 9.17) is 16.9 Å². The van der Waals surface area contributed by atoms with Crippen LogP contribution in [0.4, 0.5) is 5.82 Å². The summed E-state index contributed by atoms with van der Waals surface area (Å²) in [7, 11) is 2.13. The second-order valence-electron chi connectivity index (χ2n) is 6.17. The summed E-state index contributed by atoms with van der Waals surface area (Å²) < 4.78 is 0. The van der Waals surface area contributed by atoms with Crippen LogP contribution >= 0.6 is 0 Å². The molecule has 1 aromatic heterocycles. The highest BCUT2D eigenvalue weighted by Crippen LogP contribution is 2.29. The molecule has 0 amide bonds. The molecular weight excluding hydrogens is 300 g/mol. The summed E-state index contributed by atoms with van der Waals surface area (Å²) in [4.78, 5) is 11.1. The predicted octanol–water partition coefficient (Wildman–Crippen LogP) is 1.97.